The van der Waals surface area contributed by atoms with Crippen molar-refractivity contribution in [2.24, 2.45) is 5.92 Å². The Labute approximate surface area is 331 Å². The normalized spacial score (nSPS) is 17.9. The summed E-state index contributed by atoms with van der Waals surface area (Å²) >= 11 is 0. The summed E-state index contributed by atoms with van der Waals surface area (Å²) in [5.74, 6) is -1.50. The van der Waals surface area contributed by atoms with E-state index in [4.69, 9.17) is 14.2 Å². The summed E-state index contributed by atoms with van der Waals surface area (Å²) < 4.78 is 17.0. The Kier molecular flexibility index (Phi) is 14.5. The zero-order valence-electron chi connectivity index (χ0n) is 31.6. The summed E-state index contributed by atoms with van der Waals surface area (Å²) in [6, 6.07) is 32.0. The molecule has 0 bridgehead atoms. The third-order valence-electron chi connectivity index (χ3n) is 9.70. The fraction of sp³-hybridized carbons (Fsp3) is 0.289. The fourth-order valence-corrected chi connectivity index (χ4v) is 6.64. The Balaban J connectivity index is 1.10. The number of ether oxygens (including phenoxy) is 3. The molecular formula is C45H48N4O8. The van der Waals surface area contributed by atoms with Gasteiger partial charge in [0.15, 0.2) is 0 Å². The van der Waals surface area contributed by atoms with Gasteiger partial charge in [0.05, 0.1) is 24.6 Å². The van der Waals surface area contributed by atoms with Crippen LogP contribution in [-0.2, 0) is 49.9 Å². The number of H-pyrrole nitrogens is 1. The minimum atomic E-state index is -1.05. The Morgan fingerprint density at radius 2 is 1.51 bits per heavy atom. The van der Waals surface area contributed by atoms with Crippen LogP contribution in [0.3, 0.4) is 0 Å². The lowest BCUT2D eigenvalue weighted by Crippen LogP contribution is -2.47. The van der Waals surface area contributed by atoms with E-state index in [-0.39, 0.29) is 45.0 Å². The van der Waals surface area contributed by atoms with Gasteiger partial charge in [-0.25, -0.2) is 9.59 Å². The largest absolute Gasteiger partial charge is 0.489 e. The van der Waals surface area contributed by atoms with Crippen LogP contribution in [0.4, 0.5) is 4.79 Å². The molecule has 6 rings (SSSR count). The van der Waals surface area contributed by atoms with Crippen LogP contribution in [0.2, 0.25) is 0 Å². The van der Waals surface area contributed by atoms with E-state index in [9.17, 15) is 24.3 Å². The molecule has 0 spiro atoms. The van der Waals surface area contributed by atoms with Gasteiger partial charge in [-0.05, 0) is 66.1 Å². The van der Waals surface area contributed by atoms with Crippen molar-refractivity contribution in [1.82, 2.24) is 20.9 Å². The second kappa shape index (κ2) is 20.5. The Morgan fingerprint density at radius 3 is 2.25 bits per heavy atom. The van der Waals surface area contributed by atoms with E-state index in [0.717, 1.165) is 33.2 Å². The number of hydrogen-bond acceptors (Lipinski definition) is 8. The molecule has 4 aromatic carbocycles. The Morgan fingerprint density at radius 1 is 0.825 bits per heavy atom. The van der Waals surface area contributed by atoms with Gasteiger partial charge in [0.1, 0.15) is 31.6 Å². The number of carbonyl (C=O) groups excluding carboxylic acids is 4. The van der Waals surface area contributed by atoms with Gasteiger partial charge in [0.25, 0.3) is 0 Å². The molecule has 57 heavy (non-hydrogen) atoms. The van der Waals surface area contributed by atoms with Crippen molar-refractivity contribution < 1.29 is 38.5 Å². The van der Waals surface area contributed by atoms with Crippen molar-refractivity contribution >= 4 is 34.8 Å². The predicted molar refractivity (Wildman–Crippen MR) is 215 cm³/mol. The van der Waals surface area contributed by atoms with Gasteiger partial charge in [0.2, 0.25) is 11.8 Å². The number of cyclic esters (lactones) is 1. The number of alkyl carbamates (subject to hydrolysis) is 1. The lowest BCUT2D eigenvalue weighted by Gasteiger charge is -2.25. The van der Waals surface area contributed by atoms with E-state index in [1.54, 1.807) is 12.2 Å². The molecule has 4 atom stereocenters. The highest BCUT2D eigenvalue weighted by atomic mass is 16.6. The molecule has 296 valence electrons. The number of carbonyl (C=O) groups is 4. The van der Waals surface area contributed by atoms with Crippen LogP contribution in [0.5, 0.6) is 5.75 Å². The molecule has 2 heterocycles. The van der Waals surface area contributed by atoms with Crippen LogP contribution >= 0.6 is 0 Å². The highest BCUT2D eigenvalue weighted by molar-refractivity contribution is 5.87. The first-order valence-corrected chi connectivity index (χ1v) is 19.1. The lowest BCUT2D eigenvalue weighted by atomic mass is 9.97. The molecule has 5 N–H and O–H groups in total. The summed E-state index contributed by atoms with van der Waals surface area (Å²) in [5.41, 5.74) is 4.59. The number of aromatic nitrogens is 1. The number of benzene rings is 4. The average molecular weight is 773 g/mol. The number of fused-ring (bicyclic) bond motifs is 1. The summed E-state index contributed by atoms with van der Waals surface area (Å²) in [4.78, 5) is 56.6. The molecule has 0 saturated carbocycles. The third-order valence-corrected chi connectivity index (χ3v) is 9.70. The lowest BCUT2D eigenvalue weighted by molar-refractivity contribution is -0.147. The first-order chi connectivity index (χ1) is 27.8. The highest BCUT2D eigenvalue weighted by Crippen LogP contribution is 2.21. The zero-order chi connectivity index (χ0) is 39.8. The number of esters is 1. The number of nitrogens with one attached hydrogen (secondary N) is 4. The van der Waals surface area contributed by atoms with E-state index in [0.29, 0.717) is 25.2 Å². The van der Waals surface area contributed by atoms with Crippen LogP contribution in [0.25, 0.3) is 10.9 Å². The van der Waals surface area contributed by atoms with Crippen LogP contribution in [-0.4, -0.2) is 65.3 Å². The molecule has 12 nitrogen and oxygen atoms in total. The summed E-state index contributed by atoms with van der Waals surface area (Å²) in [7, 11) is 0. The minimum absolute atomic E-state index is 0.0281. The van der Waals surface area contributed by atoms with Crippen LogP contribution in [0, 0.1) is 5.92 Å². The van der Waals surface area contributed by atoms with Gasteiger partial charge in [-0.2, -0.15) is 0 Å². The minimum Gasteiger partial charge on any atom is -0.489 e. The van der Waals surface area contributed by atoms with E-state index >= 15 is 0 Å². The number of para-hydroxylation sites is 1. The molecule has 1 aromatic heterocycles. The van der Waals surface area contributed by atoms with Gasteiger partial charge in [-0.15, -0.1) is 0 Å². The van der Waals surface area contributed by atoms with Gasteiger partial charge in [0, 0.05) is 23.5 Å². The highest BCUT2D eigenvalue weighted by Gasteiger charge is 2.29. The summed E-state index contributed by atoms with van der Waals surface area (Å²) in [6.45, 7) is -0.00238. The molecule has 1 aliphatic heterocycles. The molecule has 0 fully saturated rings. The maximum absolute atomic E-state index is 13.9. The fourth-order valence-electron chi connectivity index (χ4n) is 6.64. The quantitative estimate of drug-likeness (QED) is 0.0709. The molecule has 0 radical (unpaired) electrons. The van der Waals surface area contributed by atoms with Gasteiger partial charge in [-0.1, -0.05) is 103 Å². The number of allylic oxidation sites excluding steroid dienone is 1. The number of aliphatic hydroxyl groups excluding tert-OH is 1. The maximum atomic E-state index is 13.9. The van der Waals surface area contributed by atoms with Gasteiger partial charge >= 0.3 is 12.1 Å². The Bertz CT molecular complexity index is 2100. The summed E-state index contributed by atoms with van der Waals surface area (Å²) in [5, 5.41) is 19.7. The number of hydrogen-bond donors (Lipinski definition) is 5. The zero-order valence-corrected chi connectivity index (χ0v) is 31.6. The maximum Gasteiger partial charge on any atom is 0.408 e. The van der Waals surface area contributed by atoms with E-state index in [2.05, 4.69) is 20.9 Å². The van der Waals surface area contributed by atoms with Crippen LogP contribution in [0.15, 0.2) is 128 Å². The predicted octanol–water partition coefficient (Wildman–Crippen LogP) is 5.69. The molecule has 4 unspecified atom stereocenters. The number of aliphatic hydroxyl groups is 1. The molecule has 12 heteroatoms. The molecule has 0 aliphatic carbocycles. The van der Waals surface area contributed by atoms with Crippen molar-refractivity contribution in [3.8, 4) is 5.75 Å². The third kappa shape index (κ3) is 12.3. The van der Waals surface area contributed by atoms with Crippen LogP contribution < -0.4 is 20.7 Å². The van der Waals surface area contributed by atoms with Crippen molar-refractivity contribution in [1.29, 1.82) is 0 Å². The van der Waals surface area contributed by atoms with E-state index < -0.39 is 42.0 Å². The van der Waals surface area contributed by atoms with Crippen LogP contribution in [0.1, 0.15) is 41.5 Å². The first-order valence-electron chi connectivity index (χ1n) is 19.1. The number of rotatable bonds is 14. The molecular weight excluding hydrogens is 725 g/mol. The molecule has 3 amide bonds. The average Bonchev–Trinajstić information content (AvgIpc) is 3.64. The van der Waals surface area contributed by atoms with Crippen molar-refractivity contribution in [2.45, 2.75) is 63.4 Å². The Hall–Kier alpha value is -6.40. The molecule has 1 aliphatic rings. The van der Waals surface area contributed by atoms with Crippen molar-refractivity contribution in [3.05, 3.63) is 150 Å². The van der Waals surface area contributed by atoms with Crippen molar-refractivity contribution in [2.75, 3.05) is 13.2 Å². The number of amides is 3. The first kappa shape index (κ1) is 40.3. The standard InChI is InChI=1S/C45H48N4O8/c50-27-36(23-31-19-21-38(22-20-31)55-28-32-11-3-1-4-12-32)47-42(51)25-34-15-7-9-18-41(49-45(54)57-29-33-13-5-2-6-14-33)44(53)56-30-37(48-43(34)52)24-35-26-46-40-17-10-8-16-39(35)40/h1-14,16-17,19-22,26,34,36-37,41,46,50H,15,18,23-25,27-30H2,(H,47,51)(H,48,52)(H,49,54). The summed E-state index contributed by atoms with van der Waals surface area (Å²) in [6.07, 6.45) is 5.30. The number of aromatic amines is 1. The van der Waals surface area contributed by atoms with E-state index in [1.165, 1.54) is 0 Å². The van der Waals surface area contributed by atoms with Crippen molar-refractivity contribution in [3.63, 3.8) is 0 Å². The van der Waals surface area contributed by atoms with Gasteiger partial charge < -0.3 is 40.3 Å². The SMILES string of the molecule is O=C(CC1CC=CCC(NC(=O)OCc2ccccc2)C(=O)OCC(Cc2c[nH]c3ccccc23)NC1=O)NC(CO)Cc1ccc(OCc2ccccc2)cc1. The monoisotopic (exact) mass is 772 g/mol. The van der Waals surface area contributed by atoms with Gasteiger partial charge in [-0.3, -0.25) is 9.59 Å². The molecule has 5 aromatic rings. The molecule has 0 saturated heterocycles. The van der Waals surface area contributed by atoms with E-state index in [1.807, 2.05) is 115 Å². The second-order valence-electron chi connectivity index (χ2n) is 14.1. The topological polar surface area (TPSA) is 168 Å². The second-order valence-corrected chi connectivity index (χ2v) is 14.1. The smallest absolute Gasteiger partial charge is 0.408 e.